The highest BCUT2D eigenvalue weighted by molar-refractivity contribution is 5.25. The van der Waals surface area contributed by atoms with Crippen molar-refractivity contribution in [3.8, 4) is 0 Å². The van der Waals surface area contributed by atoms with Crippen molar-refractivity contribution in [1.82, 2.24) is 0 Å². The zero-order chi connectivity index (χ0) is 24.0. The van der Waals surface area contributed by atoms with E-state index in [1.807, 2.05) is 0 Å². The van der Waals surface area contributed by atoms with Gasteiger partial charge in [0.25, 0.3) is 0 Å². The Balaban J connectivity index is 1.28. The molecule has 0 spiro atoms. The summed E-state index contributed by atoms with van der Waals surface area (Å²) >= 11 is 0. The standard InChI is InChI=1S/C31H52O3/c1-5-6-8-17-31(4,32)27-14-13-25-24-12-11-22-21-23(34-28-10-7-9-20-33-28)15-18-29(22,2)26(24)16-19-30(25,27)3/h11,23-28,32H,5-10,12-21H2,1-4H3/t23-,24?,25?,26?,27-,28?,29-,30-,31-/m0/s1. The SMILES string of the molecule is CCCCC[C@](C)(O)[C@H]1CCC2C3CC=C4C[C@@H](OC5CCCCO5)CC[C@]4(C)C3CC[C@@]21C. The molecule has 1 heterocycles. The van der Waals surface area contributed by atoms with Gasteiger partial charge in [0, 0.05) is 6.61 Å². The van der Waals surface area contributed by atoms with Gasteiger partial charge in [0.15, 0.2) is 6.29 Å². The zero-order valence-electron chi connectivity index (χ0n) is 22.6. The lowest BCUT2D eigenvalue weighted by molar-refractivity contribution is -0.195. The predicted molar refractivity (Wildman–Crippen MR) is 138 cm³/mol. The van der Waals surface area contributed by atoms with Crippen LogP contribution in [0.25, 0.3) is 0 Å². The molecule has 0 aromatic carbocycles. The Morgan fingerprint density at radius 3 is 2.68 bits per heavy atom. The van der Waals surface area contributed by atoms with E-state index in [-0.39, 0.29) is 6.29 Å². The van der Waals surface area contributed by atoms with Crippen molar-refractivity contribution >= 4 is 0 Å². The van der Waals surface area contributed by atoms with Crippen LogP contribution in [0.5, 0.6) is 0 Å². The number of fused-ring (bicyclic) bond motifs is 5. The van der Waals surface area contributed by atoms with Gasteiger partial charge in [-0.05, 0) is 118 Å². The average Bonchev–Trinajstić information content (AvgIpc) is 3.18. The van der Waals surface area contributed by atoms with Crippen LogP contribution >= 0.6 is 0 Å². The topological polar surface area (TPSA) is 38.7 Å². The molecule has 3 nitrogen and oxygen atoms in total. The van der Waals surface area contributed by atoms with Crippen LogP contribution in [-0.4, -0.2) is 29.7 Å². The highest BCUT2D eigenvalue weighted by Gasteiger charge is 2.61. The molecule has 3 heteroatoms. The second-order valence-electron chi connectivity index (χ2n) is 13.5. The number of rotatable bonds is 7. The molecule has 3 saturated carbocycles. The molecule has 0 amide bonds. The summed E-state index contributed by atoms with van der Waals surface area (Å²) in [6, 6.07) is 0. The zero-order valence-corrected chi connectivity index (χ0v) is 22.6. The first-order chi connectivity index (χ1) is 16.3. The van der Waals surface area contributed by atoms with Gasteiger partial charge in [-0.2, -0.15) is 0 Å². The minimum absolute atomic E-state index is 0.0379. The van der Waals surface area contributed by atoms with Crippen LogP contribution in [0.15, 0.2) is 11.6 Å². The summed E-state index contributed by atoms with van der Waals surface area (Å²) in [7, 11) is 0. The van der Waals surface area contributed by atoms with E-state index in [9.17, 15) is 5.11 Å². The molecule has 0 bridgehead atoms. The molecular weight excluding hydrogens is 420 g/mol. The Morgan fingerprint density at radius 1 is 1.06 bits per heavy atom. The van der Waals surface area contributed by atoms with Crippen LogP contribution in [-0.2, 0) is 9.47 Å². The fraction of sp³-hybridized carbons (Fsp3) is 0.935. The van der Waals surface area contributed by atoms with Gasteiger partial charge in [-0.25, -0.2) is 0 Å². The Hall–Kier alpha value is -0.380. The first-order valence-corrected chi connectivity index (χ1v) is 15.0. The van der Waals surface area contributed by atoms with Crippen molar-refractivity contribution in [2.75, 3.05) is 6.61 Å². The van der Waals surface area contributed by atoms with E-state index in [0.29, 0.717) is 22.9 Å². The molecule has 1 saturated heterocycles. The largest absolute Gasteiger partial charge is 0.390 e. The molecule has 4 aliphatic carbocycles. The van der Waals surface area contributed by atoms with Crippen LogP contribution in [0.2, 0.25) is 0 Å². The highest BCUT2D eigenvalue weighted by Crippen LogP contribution is 2.67. The molecule has 9 atom stereocenters. The van der Waals surface area contributed by atoms with Gasteiger partial charge in [-0.1, -0.05) is 51.7 Å². The van der Waals surface area contributed by atoms with E-state index in [4.69, 9.17) is 9.47 Å². The highest BCUT2D eigenvalue weighted by atomic mass is 16.7. The van der Waals surface area contributed by atoms with E-state index in [2.05, 4.69) is 33.8 Å². The molecule has 1 aliphatic heterocycles. The number of unbranched alkanes of at least 4 members (excludes halogenated alkanes) is 2. The minimum Gasteiger partial charge on any atom is -0.390 e. The van der Waals surface area contributed by atoms with Crippen molar-refractivity contribution in [1.29, 1.82) is 0 Å². The van der Waals surface area contributed by atoms with Gasteiger partial charge >= 0.3 is 0 Å². The third kappa shape index (κ3) is 4.45. The minimum atomic E-state index is -0.498. The van der Waals surface area contributed by atoms with Gasteiger partial charge in [0.05, 0.1) is 11.7 Å². The Morgan fingerprint density at radius 2 is 1.91 bits per heavy atom. The monoisotopic (exact) mass is 472 g/mol. The van der Waals surface area contributed by atoms with E-state index in [1.165, 1.54) is 77.0 Å². The summed E-state index contributed by atoms with van der Waals surface area (Å²) in [5.41, 5.74) is 1.88. The Labute approximate surface area is 209 Å². The maximum Gasteiger partial charge on any atom is 0.157 e. The van der Waals surface area contributed by atoms with E-state index in [0.717, 1.165) is 43.6 Å². The summed E-state index contributed by atoms with van der Waals surface area (Å²) in [4.78, 5) is 0. The quantitative estimate of drug-likeness (QED) is 0.303. The maximum absolute atomic E-state index is 11.6. The number of allylic oxidation sites excluding steroid dienone is 1. The molecule has 4 fully saturated rings. The fourth-order valence-electron chi connectivity index (χ4n) is 9.71. The second kappa shape index (κ2) is 9.82. The van der Waals surface area contributed by atoms with Crippen molar-refractivity contribution < 1.29 is 14.6 Å². The first kappa shape index (κ1) is 25.3. The van der Waals surface area contributed by atoms with Crippen LogP contribution in [0.4, 0.5) is 0 Å². The van der Waals surface area contributed by atoms with Crippen molar-refractivity contribution in [3.05, 3.63) is 11.6 Å². The van der Waals surface area contributed by atoms with Crippen molar-refractivity contribution in [3.63, 3.8) is 0 Å². The van der Waals surface area contributed by atoms with Gasteiger partial charge in [0.1, 0.15) is 0 Å². The molecular formula is C31H52O3. The number of hydrogen-bond donors (Lipinski definition) is 1. The lowest BCUT2D eigenvalue weighted by Crippen LogP contribution is -2.53. The maximum atomic E-state index is 11.6. The summed E-state index contributed by atoms with van der Waals surface area (Å²) in [5.74, 6) is 2.89. The molecule has 0 radical (unpaired) electrons. The van der Waals surface area contributed by atoms with Crippen LogP contribution in [0.1, 0.15) is 124 Å². The van der Waals surface area contributed by atoms with Gasteiger partial charge in [-0.15, -0.1) is 0 Å². The molecule has 34 heavy (non-hydrogen) atoms. The van der Waals surface area contributed by atoms with Crippen LogP contribution in [0, 0.1) is 34.5 Å². The second-order valence-corrected chi connectivity index (χ2v) is 13.5. The smallest absolute Gasteiger partial charge is 0.157 e. The van der Waals surface area contributed by atoms with Crippen molar-refractivity contribution in [2.24, 2.45) is 34.5 Å². The molecule has 194 valence electrons. The molecule has 0 aromatic heterocycles. The average molecular weight is 473 g/mol. The summed E-state index contributed by atoms with van der Waals surface area (Å²) in [6.45, 7) is 10.5. The lowest BCUT2D eigenvalue weighted by atomic mass is 9.46. The molecule has 1 N–H and O–H groups in total. The number of ether oxygens (including phenoxy) is 2. The van der Waals surface area contributed by atoms with Gasteiger partial charge in [0.2, 0.25) is 0 Å². The summed E-state index contributed by atoms with van der Waals surface area (Å²) in [5, 5.41) is 11.6. The third-order valence-corrected chi connectivity index (χ3v) is 11.6. The molecule has 4 unspecified atom stereocenters. The van der Waals surface area contributed by atoms with Crippen molar-refractivity contribution in [2.45, 2.75) is 142 Å². The molecule has 0 aromatic rings. The normalized spacial score (nSPS) is 46.1. The first-order valence-electron chi connectivity index (χ1n) is 15.0. The van der Waals surface area contributed by atoms with E-state index in [1.54, 1.807) is 5.57 Å². The number of aliphatic hydroxyl groups is 1. The van der Waals surface area contributed by atoms with E-state index >= 15 is 0 Å². The lowest BCUT2D eigenvalue weighted by Gasteiger charge is -2.59. The number of hydrogen-bond acceptors (Lipinski definition) is 3. The molecule has 5 rings (SSSR count). The third-order valence-electron chi connectivity index (χ3n) is 11.6. The Bertz CT molecular complexity index is 737. The predicted octanol–water partition coefficient (Wildman–Crippen LogP) is 7.81. The van der Waals surface area contributed by atoms with E-state index < -0.39 is 5.60 Å². The summed E-state index contributed by atoms with van der Waals surface area (Å²) < 4.78 is 12.3. The molecule has 5 aliphatic rings. The summed E-state index contributed by atoms with van der Waals surface area (Å²) in [6.07, 6.45) is 21.2. The van der Waals surface area contributed by atoms with Gasteiger partial charge in [-0.3, -0.25) is 0 Å². The van der Waals surface area contributed by atoms with Crippen LogP contribution in [0.3, 0.4) is 0 Å². The fourth-order valence-corrected chi connectivity index (χ4v) is 9.71. The van der Waals surface area contributed by atoms with Gasteiger partial charge < -0.3 is 14.6 Å². The van der Waals surface area contributed by atoms with Crippen LogP contribution < -0.4 is 0 Å². The Kier molecular flexibility index (Phi) is 7.30.